The zero-order valence-corrected chi connectivity index (χ0v) is 8.90. The number of terminal acetylenes is 1. The lowest BCUT2D eigenvalue weighted by atomic mass is 10.0. The standard InChI is InChI=1S/C12H15FO3/c1-2-3-10(13)6-9-4-5-12(16-8-9)11(15)7-14/h1,3,6,11-12,14-15H,4-5,7-8H2/b9-6-,10-3+. The van der Waals surface area contributed by atoms with E-state index in [1.54, 1.807) is 0 Å². The molecule has 1 rings (SSSR count). The van der Waals surface area contributed by atoms with Crippen LogP contribution in [0, 0.1) is 12.3 Å². The zero-order chi connectivity index (χ0) is 12.0. The lowest BCUT2D eigenvalue weighted by Crippen LogP contribution is -2.35. The number of ether oxygens (including phenoxy) is 1. The van der Waals surface area contributed by atoms with Crippen LogP contribution in [-0.4, -0.2) is 35.6 Å². The fraction of sp³-hybridized carbons (Fsp3) is 0.500. The Bertz CT molecular complexity index is 318. The first-order valence-corrected chi connectivity index (χ1v) is 5.09. The van der Waals surface area contributed by atoms with Crippen LogP contribution in [0.5, 0.6) is 0 Å². The van der Waals surface area contributed by atoms with E-state index in [0.29, 0.717) is 12.8 Å². The van der Waals surface area contributed by atoms with Crippen molar-refractivity contribution in [2.24, 2.45) is 0 Å². The lowest BCUT2D eigenvalue weighted by molar-refractivity contribution is -0.0651. The summed E-state index contributed by atoms with van der Waals surface area (Å²) in [4.78, 5) is 0. The van der Waals surface area contributed by atoms with E-state index < -0.39 is 11.9 Å². The summed E-state index contributed by atoms with van der Waals surface area (Å²) in [5.74, 6) is 1.63. The summed E-state index contributed by atoms with van der Waals surface area (Å²) in [6.07, 6.45) is 7.28. The molecular weight excluding hydrogens is 211 g/mol. The van der Waals surface area contributed by atoms with Gasteiger partial charge >= 0.3 is 0 Å². The molecule has 16 heavy (non-hydrogen) atoms. The molecule has 4 heteroatoms. The van der Waals surface area contributed by atoms with Crippen molar-refractivity contribution in [1.82, 2.24) is 0 Å². The highest BCUT2D eigenvalue weighted by atomic mass is 19.1. The molecule has 1 aliphatic rings. The molecule has 88 valence electrons. The smallest absolute Gasteiger partial charge is 0.131 e. The summed E-state index contributed by atoms with van der Waals surface area (Å²) in [5.41, 5.74) is 0.797. The van der Waals surface area contributed by atoms with E-state index in [0.717, 1.165) is 11.6 Å². The van der Waals surface area contributed by atoms with Crippen LogP contribution in [0.3, 0.4) is 0 Å². The number of aliphatic hydroxyl groups is 2. The van der Waals surface area contributed by atoms with E-state index in [9.17, 15) is 9.50 Å². The van der Waals surface area contributed by atoms with Crippen LogP contribution in [0.15, 0.2) is 23.6 Å². The summed E-state index contributed by atoms with van der Waals surface area (Å²) in [6.45, 7) is -0.0668. The van der Waals surface area contributed by atoms with Gasteiger partial charge in [-0.05, 0) is 24.5 Å². The molecule has 0 radical (unpaired) electrons. The predicted octanol–water partition coefficient (Wildman–Crippen LogP) is 0.932. The zero-order valence-electron chi connectivity index (χ0n) is 8.90. The molecule has 0 bridgehead atoms. The van der Waals surface area contributed by atoms with Crippen LogP contribution in [0.2, 0.25) is 0 Å². The van der Waals surface area contributed by atoms with Crippen molar-refractivity contribution in [1.29, 1.82) is 0 Å². The van der Waals surface area contributed by atoms with Crippen molar-refractivity contribution < 1.29 is 19.3 Å². The predicted molar refractivity (Wildman–Crippen MR) is 58.2 cm³/mol. The van der Waals surface area contributed by atoms with Gasteiger partial charge in [-0.3, -0.25) is 0 Å². The largest absolute Gasteiger partial charge is 0.394 e. The van der Waals surface area contributed by atoms with E-state index >= 15 is 0 Å². The summed E-state index contributed by atoms with van der Waals surface area (Å²) < 4.78 is 18.3. The third kappa shape index (κ3) is 3.78. The number of hydrogen-bond acceptors (Lipinski definition) is 3. The van der Waals surface area contributed by atoms with Crippen molar-refractivity contribution in [2.75, 3.05) is 13.2 Å². The molecule has 0 aromatic heterocycles. The number of allylic oxidation sites excluding steroid dienone is 3. The van der Waals surface area contributed by atoms with Crippen molar-refractivity contribution in [3.8, 4) is 12.3 Å². The average Bonchev–Trinajstić information content (AvgIpc) is 2.29. The summed E-state index contributed by atoms with van der Waals surface area (Å²) in [5, 5.41) is 18.1. The number of hydrogen-bond donors (Lipinski definition) is 2. The van der Waals surface area contributed by atoms with E-state index in [1.807, 2.05) is 0 Å². The SMILES string of the molecule is C#C/C=C(F)\C=C1\CCC(C(O)CO)OC1. The topological polar surface area (TPSA) is 49.7 Å². The number of halogens is 1. The molecule has 1 heterocycles. The maximum Gasteiger partial charge on any atom is 0.131 e. The van der Waals surface area contributed by atoms with Crippen LogP contribution >= 0.6 is 0 Å². The van der Waals surface area contributed by atoms with Crippen LogP contribution in [0.4, 0.5) is 4.39 Å². The van der Waals surface area contributed by atoms with Gasteiger partial charge in [-0.1, -0.05) is 5.92 Å². The van der Waals surface area contributed by atoms with Gasteiger partial charge in [0.05, 0.1) is 19.3 Å². The van der Waals surface area contributed by atoms with E-state index in [-0.39, 0.29) is 19.3 Å². The first kappa shape index (κ1) is 12.9. The van der Waals surface area contributed by atoms with Gasteiger partial charge < -0.3 is 14.9 Å². The van der Waals surface area contributed by atoms with Gasteiger partial charge in [-0.15, -0.1) is 6.42 Å². The van der Waals surface area contributed by atoms with Crippen LogP contribution in [0.1, 0.15) is 12.8 Å². The summed E-state index contributed by atoms with van der Waals surface area (Å²) >= 11 is 0. The minimum atomic E-state index is -0.868. The second-order valence-corrected chi connectivity index (χ2v) is 3.64. The third-order valence-corrected chi connectivity index (χ3v) is 2.41. The van der Waals surface area contributed by atoms with Gasteiger partial charge in [-0.2, -0.15) is 0 Å². The van der Waals surface area contributed by atoms with Crippen molar-refractivity contribution >= 4 is 0 Å². The first-order chi connectivity index (χ1) is 7.67. The van der Waals surface area contributed by atoms with Crippen LogP contribution in [0.25, 0.3) is 0 Å². The fourth-order valence-corrected chi connectivity index (χ4v) is 1.55. The normalized spacial score (nSPS) is 26.5. The maximum atomic E-state index is 13.0. The van der Waals surface area contributed by atoms with E-state index in [2.05, 4.69) is 5.92 Å². The molecule has 0 spiro atoms. The van der Waals surface area contributed by atoms with Crippen molar-refractivity contribution in [3.63, 3.8) is 0 Å². The Morgan fingerprint density at radius 1 is 1.75 bits per heavy atom. The average molecular weight is 226 g/mol. The highest BCUT2D eigenvalue weighted by Crippen LogP contribution is 2.21. The highest BCUT2D eigenvalue weighted by molar-refractivity contribution is 5.25. The molecular formula is C12H15FO3. The third-order valence-electron chi connectivity index (χ3n) is 2.41. The van der Waals surface area contributed by atoms with E-state index in [4.69, 9.17) is 16.3 Å². The van der Waals surface area contributed by atoms with Gasteiger partial charge in [0.2, 0.25) is 0 Å². The Labute approximate surface area is 94.2 Å². The molecule has 0 saturated carbocycles. The molecule has 1 aliphatic heterocycles. The van der Waals surface area contributed by atoms with Gasteiger partial charge in [-0.25, -0.2) is 4.39 Å². The maximum absolute atomic E-state index is 13.0. The Hall–Kier alpha value is -1.15. The Balaban J connectivity index is 2.49. The van der Waals surface area contributed by atoms with Gasteiger partial charge in [0.25, 0.3) is 0 Å². The Morgan fingerprint density at radius 3 is 3.00 bits per heavy atom. The minimum absolute atomic E-state index is 0.257. The van der Waals surface area contributed by atoms with E-state index in [1.165, 1.54) is 6.08 Å². The molecule has 1 fully saturated rings. The molecule has 1 saturated heterocycles. The first-order valence-electron chi connectivity index (χ1n) is 5.09. The van der Waals surface area contributed by atoms with Crippen molar-refractivity contribution in [3.05, 3.63) is 23.6 Å². The Kier molecular flexibility index (Phi) is 5.20. The summed E-state index contributed by atoms with van der Waals surface area (Å²) in [6, 6.07) is 0. The number of aliphatic hydroxyl groups excluding tert-OH is 2. The Morgan fingerprint density at radius 2 is 2.50 bits per heavy atom. The second-order valence-electron chi connectivity index (χ2n) is 3.64. The van der Waals surface area contributed by atoms with Crippen LogP contribution < -0.4 is 0 Å². The molecule has 0 amide bonds. The number of rotatable bonds is 3. The quantitative estimate of drug-likeness (QED) is 0.704. The molecule has 0 aliphatic carbocycles. The van der Waals surface area contributed by atoms with Gasteiger partial charge in [0.1, 0.15) is 11.9 Å². The molecule has 0 aromatic carbocycles. The van der Waals surface area contributed by atoms with Gasteiger partial charge in [0.15, 0.2) is 0 Å². The minimum Gasteiger partial charge on any atom is -0.394 e. The van der Waals surface area contributed by atoms with Gasteiger partial charge in [0, 0.05) is 6.08 Å². The lowest BCUT2D eigenvalue weighted by Gasteiger charge is -2.27. The molecule has 3 nitrogen and oxygen atoms in total. The highest BCUT2D eigenvalue weighted by Gasteiger charge is 2.23. The molecule has 0 aromatic rings. The molecule has 2 atom stereocenters. The monoisotopic (exact) mass is 226 g/mol. The van der Waals surface area contributed by atoms with Crippen LogP contribution in [-0.2, 0) is 4.74 Å². The summed E-state index contributed by atoms with van der Waals surface area (Å²) in [7, 11) is 0. The second kappa shape index (κ2) is 6.44. The fourth-order valence-electron chi connectivity index (χ4n) is 1.55. The van der Waals surface area contributed by atoms with Crippen molar-refractivity contribution in [2.45, 2.75) is 25.0 Å². The molecule has 2 unspecified atom stereocenters. The molecule has 2 N–H and O–H groups in total.